The van der Waals surface area contributed by atoms with Crippen molar-refractivity contribution >= 4 is 23.4 Å². The minimum absolute atomic E-state index is 0.0138. The monoisotopic (exact) mass is 406 g/mol. The van der Waals surface area contributed by atoms with Gasteiger partial charge in [0, 0.05) is 62.9 Å². The zero-order valence-corrected chi connectivity index (χ0v) is 17.7. The third-order valence-electron chi connectivity index (χ3n) is 5.70. The molecule has 0 radical (unpaired) electrons. The van der Waals surface area contributed by atoms with Crippen LogP contribution < -0.4 is 0 Å². The first kappa shape index (κ1) is 21.1. The quantitative estimate of drug-likeness (QED) is 0.750. The van der Waals surface area contributed by atoms with Crippen molar-refractivity contribution in [1.82, 2.24) is 19.6 Å². The van der Waals surface area contributed by atoms with E-state index in [1.54, 1.807) is 6.07 Å². The van der Waals surface area contributed by atoms with Crippen molar-refractivity contribution in [2.75, 3.05) is 65.4 Å². The summed E-state index contributed by atoms with van der Waals surface area (Å²) < 4.78 is 0. The smallest absolute Gasteiger partial charge is 0.253 e. The van der Waals surface area contributed by atoms with Gasteiger partial charge in [0.05, 0.1) is 6.54 Å². The second-order valence-corrected chi connectivity index (χ2v) is 8.16. The van der Waals surface area contributed by atoms with Gasteiger partial charge in [-0.15, -0.1) is 0 Å². The predicted molar refractivity (Wildman–Crippen MR) is 112 cm³/mol. The Bertz CT molecular complexity index is 696. The highest BCUT2D eigenvalue weighted by molar-refractivity contribution is 6.31. The summed E-state index contributed by atoms with van der Waals surface area (Å²) in [4.78, 5) is 33.7. The predicted octanol–water partition coefficient (Wildman–Crippen LogP) is 1.96. The van der Waals surface area contributed by atoms with Crippen LogP contribution in [-0.4, -0.2) is 96.9 Å². The second-order valence-electron chi connectivity index (χ2n) is 7.75. The molecule has 0 spiro atoms. The van der Waals surface area contributed by atoms with E-state index in [1.807, 2.05) is 28.9 Å². The number of nitrogens with zero attached hydrogens (tertiary/aromatic N) is 4. The lowest BCUT2D eigenvalue weighted by Crippen LogP contribution is -2.54. The normalized spacial score (nSPS) is 19.1. The number of hydrogen-bond donors (Lipinski definition) is 0. The molecular weight excluding hydrogens is 376 g/mol. The maximum absolute atomic E-state index is 12.7. The van der Waals surface area contributed by atoms with Crippen LogP contribution in [0.3, 0.4) is 0 Å². The number of amides is 2. The molecule has 2 amide bonds. The van der Waals surface area contributed by atoms with Gasteiger partial charge in [0.2, 0.25) is 5.91 Å². The molecule has 0 saturated carbocycles. The Hall–Kier alpha value is -1.63. The van der Waals surface area contributed by atoms with Gasteiger partial charge >= 0.3 is 0 Å². The number of benzene rings is 1. The Morgan fingerprint density at radius 3 is 2.14 bits per heavy atom. The van der Waals surface area contributed by atoms with Gasteiger partial charge in [0.25, 0.3) is 5.91 Å². The van der Waals surface area contributed by atoms with Crippen molar-refractivity contribution in [2.45, 2.75) is 20.3 Å². The Morgan fingerprint density at radius 1 is 0.929 bits per heavy atom. The fourth-order valence-electron chi connectivity index (χ4n) is 3.85. The Labute approximate surface area is 173 Å². The Morgan fingerprint density at radius 2 is 1.54 bits per heavy atom. The van der Waals surface area contributed by atoms with E-state index in [-0.39, 0.29) is 11.8 Å². The summed E-state index contributed by atoms with van der Waals surface area (Å²) in [5, 5.41) is 0.620. The molecule has 2 heterocycles. The lowest BCUT2D eigenvalue weighted by Gasteiger charge is -2.38. The van der Waals surface area contributed by atoms with E-state index >= 15 is 0 Å². The van der Waals surface area contributed by atoms with Gasteiger partial charge < -0.3 is 9.80 Å². The standard InChI is InChI=1S/C21H31ClN4O2/c1-3-6-23-7-11-25(12-8-23)20(27)16-24-9-13-26(14-10-24)21(28)18-5-4-17(2)19(22)15-18/h4-5,15H,3,6-14,16H2,1-2H3. The molecule has 2 saturated heterocycles. The number of halogens is 1. The number of rotatable bonds is 5. The third kappa shape index (κ3) is 5.25. The summed E-state index contributed by atoms with van der Waals surface area (Å²) in [6.07, 6.45) is 1.16. The highest BCUT2D eigenvalue weighted by Crippen LogP contribution is 2.18. The first-order chi connectivity index (χ1) is 13.5. The molecule has 0 bridgehead atoms. The van der Waals surface area contributed by atoms with Crippen molar-refractivity contribution in [1.29, 1.82) is 0 Å². The summed E-state index contributed by atoms with van der Waals surface area (Å²) in [7, 11) is 0. The lowest BCUT2D eigenvalue weighted by molar-refractivity contribution is -0.134. The Kier molecular flexibility index (Phi) is 7.32. The van der Waals surface area contributed by atoms with Crippen LogP contribution in [0, 0.1) is 6.92 Å². The molecule has 1 aromatic rings. The molecule has 7 heteroatoms. The Balaban J connectivity index is 1.44. The topological polar surface area (TPSA) is 47.1 Å². The van der Waals surface area contributed by atoms with Gasteiger partial charge in [0.1, 0.15) is 0 Å². The molecule has 2 fully saturated rings. The van der Waals surface area contributed by atoms with Gasteiger partial charge in [0.15, 0.2) is 0 Å². The SMILES string of the molecule is CCCN1CCN(C(=O)CN2CCN(C(=O)c3ccc(C)c(Cl)c3)CC2)CC1. The van der Waals surface area contributed by atoms with Crippen LogP contribution in [0.5, 0.6) is 0 Å². The summed E-state index contributed by atoms with van der Waals surface area (Å²) in [6, 6.07) is 5.45. The van der Waals surface area contributed by atoms with Crippen LogP contribution >= 0.6 is 11.6 Å². The van der Waals surface area contributed by atoms with Gasteiger partial charge in [-0.1, -0.05) is 24.6 Å². The van der Waals surface area contributed by atoms with E-state index in [0.29, 0.717) is 30.2 Å². The first-order valence-corrected chi connectivity index (χ1v) is 10.6. The molecule has 2 aliphatic rings. The van der Waals surface area contributed by atoms with Crippen LogP contribution in [0.15, 0.2) is 18.2 Å². The van der Waals surface area contributed by atoms with Crippen molar-refractivity contribution < 1.29 is 9.59 Å². The fraction of sp³-hybridized carbons (Fsp3) is 0.619. The molecule has 2 aliphatic heterocycles. The number of carbonyl (C=O) groups is 2. The largest absolute Gasteiger partial charge is 0.339 e. The highest BCUT2D eigenvalue weighted by atomic mass is 35.5. The van der Waals surface area contributed by atoms with E-state index in [1.165, 1.54) is 0 Å². The van der Waals surface area contributed by atoms with E-state index in [2.05, 4.69) is 16.7 Å². The maximum Gasteiger partial charge on any atom is 0.253 e. The molecule has 0 unspecified atom stereocenters. The van der Waals surface area contributed by atoms with E-state index in [9.17, 15) is 9.59 Å². The molecule has 0 N–H and O–H groups in total. The molecule has 1 aromatic carbocycles. The zero-order chi connectivity index (χ0) is 20.1. The van der Waals surface area contributed by atoms with Crippen LogP contribution in [0.25, 0.3) is 0 Å². The summed E-state index contributed by atoms with van der Waals surface area (Å²) in [5.74, 6) is 0.223. The van der Waals surface area contributed by atoms with E-state index < -0.39 is 0 Å². The van der Waals surface area contributed by atoms with Gasteiger partial charge in [-0.25, -0.2) is 0 Å². The molecule has 3 rings (SSSR count). The molecular formula is C21H31ClN4O2. The summed E-state index contributed by atoms with van der Waals surface area (Å²) in [6.45, 7) is 12.0. The summed E-state index contributed by atoms with van der Waals surface area (Å²) in [5.41, 5.74) is 1.60. The number of hydrogen-bond acceptors (Lipinski definition) is 4. The summed E-state index contributed by atoms with van der Waals surface area (Å²) >= 11 is 6.15. The van der Waals surface area contributed by atoms with Crippen molar-refractivity contribution in [3.63, 3.8) is 0 Å². The van der Waals surface area contributed by atoms with Gasteiger partial charge in [-0.2, -0.15) is 0 Å². The van der Waals surface area contributed by atoms with Crippen molar-refractivity contribution in [2.24, 2.45) is 0 Å². The maximum atomic E-state index is 12.7. The highest BCUT2D eigenvalue weighted by Gasteiger charge is 2.26. The van der Waals surface area contributed by atoms with Crippen LogP contribution in [-0.2, 0) is 4.79 Å². The van der Waals surface area contributed by atoms with Crippen LogP contribution in [0.2, 0.25) is 5.02 Å². The third-order valence-corrected chi connectivity index (χ3v) is 6.11. The average molecular weight is 407 g/mol. The van der Waals surface area contributed by atoms with Crippen molar-refractivity contribution in [3.05, 3.63) is 34.3 Å². The number of piperazine rings is 2. The average Bonchev–Trinajstić information content (AvgIpc) is 2.71. The fourth-order valence-corrected chi connectivity index (χ4v) is 4.03. The molecule has 154 valence electrons. The zero-order valence-electron chi connectivity index (χ0n) is 17.0. The van der Waals surface area contributed by atoms with Gasteiger partial charge in [-0.05, 0) is 37.6 Å². The molecule has 28 heavy (non-hydrogen) atoms. The number of aryl methyl sites for hydroxylation is 1. The lowest BCUT2D eigenvalue weighted by atomic mass is 10.1. The van der Waals surface area contributed by atoms with Crippen LogP contribution in [0.4, 0.5) is 0 Å². The minimum atomic E-state index is 0.0138. The molecule has 0 aromatic heterocycles. The molecule has 0 aliphatic carbocycles. The molecule has 6 nitrogen and oxygen atoms in total. The second kappa shape index (κ2) is 9.72. The molecule has 0 atom stereocenters. The van der Waals surface area contributed by atoms with E-state index in [0.717, 1.165) is 57.8 Å². The number of carbonyl (C=O) groups excluding carboxylic acids is 2. The van der Waals surface area contributed by atoms with Crippen LogP contribution in [0.1, 0.15) is 29.3 Å². The van der Waals surface area contributed by atoms with E-state index in [4.69, 9.17) is 11.6 Å². The van der Waals surface area contributed by atoms with Gasteiger partial charge in [-0.3, -0.25) is 19.4 Å². The van der Waals surface area contributed by atoms with Crippen molar-refractivity contribution in [3.8, 4) is 0 Å². The minimum Gasteiger partial charge on any atom is -0.339 e. The first-order valence-electron chi connectivity index (χ1n) is 10.3.